The number of nitrogens with one attached hydrogen (secondary N) is 9. The molecule has 61 heavy (non-hydrogen) atoms. The Morgan fingerprint density at radius 1 is 0.443 bits per heavy atom. The molecular weight excluding hydrogens is 783 g/mol. The lowest BCUT2D eigenvalue weighted by molar-refractivity contribution is -0.138. The molecule has 0 aliphatic heterocycles. The number of rotatable bonds is 32. The average molecular weight is 862 g/mol. The number of aliphatic carboxylic acids is 1. The molecule has 0 aromatic carbocycles. The van der Waals surface area contributed by atoms with Crippen LogP contribution in [0.5, 0.6) is 0 Å². The number of hydrogen-bond donors (Lipinski definition) is 11. The molecule has 4 atom stereocenters. The van der Waals surface area contributed by atoms with Crippen LogP contribution in [0.3, 0.4) is 0 Å². The van der Waals surface area contributed by atoms with Gasteiger partial charge in [0, 0.05) is 30.7 Å². The second-order valence-corrected chi connectivity index (χ2v) is 17.9. The molecule has 0 spiro atoms. The Hall–Kier alpha value is -3.38. The Morgan fingerprint density at radius 3 is 1.36 bits per heavy atom. The lowest BCUT2D eigenvalue weighted by Gasteiger charge is -2.27. The summed E-state index contributed by atoms with van der Waals surface area (Å²) in [7, 11) is 0. The van der Waals surface area contributed by atoms with Crippen molar-refractivity contribution in [3.63, 3.8) is 0 Å². The van der Waals surface area contributed by atoms with Gasteiger partial charge in [0.2, 0.25) is 29.5 Å². The molecule has 5 amide bonds. The first-order chi connectivity index (χ1) is 29.6. The van der Waals surface area contributed by atoms with Crippen LogP contribution in [0.15, 0.2) is 0 Å². The molecule has 17 nitrogen and oxygen atoms in total. The van der Waals surface area contributed by atoms with Gasteiger partial charge in [0.1, 0.15) is 18.6 Å². The maximum Gasteiger partial charge on any atom is 0.322 e. The van der Waals surface area contributed by atoms with Crippen molar-refractivity contribution in [2.45, 2.75) is 202 Å². The predicted molar refractivity (Wildman–Crippen MR) is 233 cm³/mol. The number of carbonyl (C=O) groups is 6. The number of aliphatic hydroxyl groups is 1. The molecule has 0 saturated heterocycles. The number of carbonyl (C=O) groups excluding carboxylic acids is 5. The van der Waals surface area contributed by atoms with Crippen molar-refractivity contribution in [1.29, 1.82) is 0 Å². The third-order valence-corrected chi connectivity index (χ3v) is 12.9. The highest BCUT2D eigenvalue weighted by atomic mass is 16.4. The highest BCUT2D eigenvalue weighted by Crippen LogP contribution is 2.22. The Balaban J connectivity index is 1.30. The lowest BCUT2D eigenvalue weighted by Crippen LogP contribution is -2.56. The van der Waals surface area contributed by atoms with Gasteiger partial charge in [0.25, 0.3) is 0 Å². The quantitative estimate of drug-likeness (QED) is 0.0430. The average Bonchev–Trinajstić information content (AvgIpc) is 4.06. The maximum atomic E-state index is 13.9. The van der Waals surface area contributed by atoms with Gasteiger partial charge in [-0.25, -0.2) is 0 Å². The van der Waals surface area contributed by atoms with Gasteiger partial charge < -0.3 is 58.1 Å². The van der Waals surface area contributed by atoms with Gasteiger partial charge in [-0.15, -0.1) is 0 Å². The van der Waals surface area contributed by atoms with E-state index in [1.54, 1.807) is 0 Å². The minimum Gasteiger partial charge on any atom is -0.480 e. The molecule has 4 aliphatic rings. The number of amides is 5. The first-order valence-corrected chi connectivity index (χ1v) is 23.9. The molecule has 4 rings (SSSR count). The molecule has 0 radical (unpaired) electrons. The molecule has 4 unspecified atom stereocenters. The highest BCUT2D eigenvalue weighted by molar-refractivity contribution is 5.93. The molecule has 17 heteroatoms. The molecule has 0 aromatic heterocycles. The molecule has 4 aliphatic carbocycles. The van der Waals surface area contributed by atoms with Crippen molar-refractivity contribution < 1.29 is 39.0 Å². The van der Waals surface area contributed by atoms with E-state index in [-0.39, 0.29) is 30.3 Å². The zero-order chi connectivity index (χ0) is 43.7. The van der Waals surface area contributed by atoms with E-state index in [2.05, 4.69) is 47.9 Å². The van der Waals surface area contributed by atoms with Crippen LogP contribution in [-0.4, -0.2) is 133 Å². The Labute approximate surface area is 363 Å². The third kappa shape index (κ3) is 20.1. The van der Waals surface area contributed by atoms with E-state index >= 15 is 0 Å². The summed E-state index contributed by atoms with van der Waals surface area (Å²) in [5.74, 6) is -3.79. The molecular formula is C44H79N9O8. The van der Waals surface area contributed by atoms with E-state index in [1.807, 2.05) is 0 Å². The van der Waals surface area contributed by atoms with Gasteiger partial charge in [-0.1, -0.05) is 57.8 Å². The second-order valence-electron chi connectivity index (χ2n) is 17.9. The summed E-state index contributed by atoms with van der Waals surface area (Å²) >= 11 is 0. The highest BCUT2D eigenvalue weighted by Gasteiger charge is 2.30. The standard InChI is InChI=1S/C44H79N9O8/c54-30-38(43(60)49-29-40(56)57)52-39(55)28-48-42(59)36(53-44(61)37(51-34-18-5-6-19-34)24-8-11-26-46-32-20-13-21-32)23-9-12-27-47-41(58)35(50-33-16-3-4-17-33)22-7-10-25-45-31-14-1-2-15-31/h31-38,45-46,50-51,54H,1-30H2,(H,47,58)(H,48,59)(H,49,60)(H,52,55)(H,53,61)(H,56,57). The summed E-state index contributed by atoms with van der Waals surface area (Å²) < 4.78 is 0. The number of carboxylic acid groups (broad SMARTS) is 1. The van der Waals surface area contributed by atoms with E-state index in [9.17, 15) is 33.9 Å². The predicted octanol–water partition coefficient (Wildman–Crippen LogP) is 1.37. The molecule has 0 heterocycles. The minimum absolute atomic E-state index is 0.00852. The van der Waals surface area contributed by atoms with Crippen LogP contribution in [0, 0.1) is 0 Å². The van der Waals surface area contributed by atoms with Gasteiger partial charge >= 0.3 is 5.97 Å². The summed E-state index contributed by atoms with van der Waals surface area (Å²) in [6.07, 6.45) is 24.1. The fourth-order valence-electron chi connectivity index (χ4n) is 9.00. The van der Waals surface area contributed by atoms with Crippen molar-refractivity contribution in [1.82, 2.24) is 47.9 Å². The largest absolute Gasteiger partial charge is 0.480 e. The lowest BCUT2D eigenvalue weighted by atomic mass is 9.93. The van der Waals surface area contributed by atoms with Gasteiger partial charge in [-0.2, -0.15) is 0 Å². The summed E-state index contributed by atoms with van der Waals surface area (Å²) in [6.45, 7) is 0.303. The van der Waals surface area contributed by atoms with Crippen LogP contribution in [0.1, 0.15) is 154 Å². The first-order valence-electron chi connectivity index (χ1n) is 23.9. The van der Waals surface area contributed by atoms with Gasteiger partial charge in [-0.05, 0) is 109 Å². The molecule has 11 N–H and O–H groups in total. The first kappa shape index (κ1) is 50.3. The smallest absolute Gasteiger partial charge is 0.322 e. The fraction of sp³-hybridized carbons (Fsp3) is 0.864. The fourth-order valence-corrected chi connectivity index (χ4v) is 9.00. The second kappa shape index (κ2) is 29.1. The van der Waals surface area contributed by atoms with Crippen LogP contribution < -0.4 is 47.9 Å². The maximum absolute atomic E-state index is 13.9. The zero-order valence-electron chi connectivity index (χ0n) is 36.7. The van der Waals surface area contributed by atoms with E-state index < -0.39 is 61.5 Å². The Morgan fingerprint density at radius 2 is 0.869 bits per heavy atom. The zero-order valence-corrected chi connectivity index (χ0v) is 36.7. The van der Waals surface area contributed by atoms with E-state index in [1.165, 1.54) is 57.8 Å². The number of aliphatic hydroxyl groups excluding tert-OH is 1. The molecule has 4 saturated carbocycles. The van der Waals surface area contributed by atoms with E-state index in [4.69, 9.17) is 5.11 Å². The van der Waals surface area contributed by atoms with Crippen molar-refractivity contribution in [3.8, 4) is 0 Å². The van der Waals surface area contributed by atoms with Crippen LogP contribution in [-0.2, 0) is 28.8 Å². The number of hydrogen-bond acceptors (Lipinski definition) is 11. The van der Waals surface area contributed by atoms with Gasteiger partial charge in [-0.3, -0.25) is 28.8 Å². The molecule has 4 fully saturated rings. The van der Waals surface area contributed by atoms with Crippen LogP contribution in [0.4, 0.5) is 0 Å². The summed E-state index contributed by atoms with van der Waals surface area (Å²) in [5, 5.41) is 46.0. The SMILES string of the molecule is O=C(O)CNC(=O)C(CO)NC(=O)CNC(=O)C(CCCCNC(=O)C(CCCCNC1CCCC1)NC1CCCC1)NC(=O)C(CCCCNC1CCC1)NC1CCCC1. The molecule has 348 valence electrons. The summed E-state index contributed by atoms with van der Waals surface area (Å²) in [5.41, 5.74) is 0. The molecule has 0 aromatic rings. The van der Waals surface area contributed by atoms with Gasteiger partial charge in [0.05, 0.1) is 25.2 Å². The van der Waals surface area contributed by atoms with E-state index in [0.29, 0.717) is 43.9 Å². The number of unbranched alkanes of at least 4 members (excludes halogenated alkanes) is 3. The monoisotopic (exact) mass is 862 g/mol. The van der Waals surface area contributed by atoms with Crippen molar-refractivity contribution in [3.05, 3.63) is 0 Å². The van der Waals surface area contributed by atoms with Crippen molar-refractivity contribution >= 4 is 35.5 Å². The van der Waals surface area contributed by atoms with Crippen molar-refractivity contribution in [2.75, 3.05) is 39.3 Å². The normalized spacial score (nSPS) is 19.4. The topological polar surface area (TPSA) is 251 Å². The van der Waals surface area contributed by atoms with Crippen LogP contribution >= 0.6 is 0 Å². The summed E-state index contributed by atoms with van der Waals surface area (Å²) in [6, 6.07) is -1.29. The van der Waals surface area contributed by atoms with Crippen molar-refractivity contribution in [2.24, 2.45) is 0 Å². The minimum atomic E-state index is -1.41. The molecule has 0 bridgehead atoms. The number of carboxylic acids is 1. The Bertz CT molecular complexity index is 1340. The Kier molecular flexibility index (Phi) is 24.0. The van der Waals surface area contributed by atoms with E-state index in [0.717, 1.165) is 83.7 Å². The summed E-state index contributed by atoms with van der Waals surface area (Å²) in [4.78, 5) is 76.9. The van der Waals surface area contributed by atoms with Crippen LogP contribution in [0.2, 0.25) is 0 Å². The third-order valence-electron chi connectivity index (χ3n) is 12.9. The van der Waals surface area contributed by atoms with Gasteiger partial charge in [0.15, 0.2) is 0 Å². The van der Waals surface area contributed by atoms with Crippen LogP contribution in [0.25, 0.3) is 0 Å².